The van der Waals surface area contributed by atoms with Crippen LogP contribution in [0.4, 0.5) is 18.9 Å². The van der Waals surface area contributed by atoms with Crippen LogP contribution in [-0.2, 0) is 14.3 Å². The minimum absolute atomic E-state index is 0.0349. The number of halogens is 3. The van der Waals surface area contributed by atoms with E-state index in [4.69, 9.17) is 4.74 Å². The number of rotatable bonds is 5. The molecule has 0 spiro atoms. The number of hydrogen-bond acceptors (Lipinski definition) is 4. The van der Waals surface area contributed by atoms with E-state index in [1.807, 2.05) is 13.0 Å². The third-order valence-electron chi connectivity index (χ3n) is 10.9. The van der Waals surface area contributed by atoms with Crippen molar-refractivity contribution in [3.05, 3.63) is 52.6 Å². The molecule has 1 aromatic rings. The molecule has 0 N–H and O–H groups in total. The van der Waals surface area contributed by atoms with Crippen molar-refractivity contribution >= 4 is 17.3 Å². The first kappa shape index (κ1) is 28.3. The number of Topliss-reactive ketones (excluding diaryl/α,β-unsaturated/α-hetero) is 1. The van der Waals surface area contributed by atoms with E-state index in [0.717, 1.165) is 37.1 Å². The highest BCUT2D eigenvalue weighted by Gasteiger charge is 2.65. The fraction of sp³-hybridized carbons (Fsp3) is 0.588. The molecule has 5 aliphatic rings. The Hall–Kier alpha value is -2.85. The van der Waals surface area contributed by atoms with Gasteiger partial charge >= 0.3 is 6.18 Å². The van der Waals surface area contributed by atoms with E-state index >= 15 is 0 Å². The molecule has 0 bridgehead atoms. The lowest BCUT2D eigenvalue weighted by molar-refractivity contribution is -0.136. The van der Waals surface area contributed by atoms with Crippen molar-refractivity contribution in [2.24, 2.45) is 22.7 Å². The average Bonchev–Trinajstić information content (AvgIpc) is 3.58. The van der Waals surface area contributed by atoms with E-state index in [2.05, 4.69) is 35.1 Å². The molecule has 0 aromatic heterocycles. The van der Waals surface area contributed by atoms with Crippen LogP contribution in [0.3, 0.4) is 0 Å². The van der Waals surface area contributed by atoms with E-state index in [1.54, 1.807) is 0 Å². The second-order valence-corrected chi connectivity index (χ2v) is 12.8. The van der Waals surface area contributed by atoms with Crippen LogP contribution in [0.1, 0.15) is 76.2 Å². The summed E-state index contributed by atoms with van der Waals surface area (Å²) >= 11 is 0. The van der Waals surface area contributed by atoms with Gasteiger partial charge in [-0.25, -0.2) is 0 Å². The van der Waals surface area contributed by atoms with Crippen LogP contribution in [-0.4, -0.2) is 44.5 Å². The molecule has 7 heteroatoms. The fourth-order valence-electron chi connectivity index (χ4n) is 9.04. The van der Waals surface area contributed by atoms with Gasteiger partial charge in [-0.05, 0) is 104 Å². The summed E-state index contributed by atoms with van der Waals surface area (Å²) in [5, 5.41) is 0. The maximum atomic E-state index is 13.7. The summed E-state index contributed by atoms with van der Waals surface area (Å²) in [6, 6.07) is 8.68. The highest BCUT2D eigenvalue weighted by Crippen LogP contribution is 2.69. The van der Waals surface area contributed by atoms with Gasteiger partial charge in [-0.3, -0.25) is 9.59 Å². The normalized spacial score (nSPS) is 33.0. The zero-order valence-electron chi connectivity index (χ0n) is 23.9. The monoisotopic (exact) mass is 565 g/mol. The van der Waals surface area contributed by atoms with Gasteiger partial charge in [0.25, 0.3) is 0 Å². The molecule has 4 nitrogen and oxygen atoms in total. The molecule has 0 unspecified atom stereocenters. The minimum Gasteiger partial charge on any atom is -0.377 e. The smallest absolute Gasteiger partial charge is 0.377 e. The van der Waals surface area contributed by atoms with Crippen LogP contribution >= 0.6 is 0 Å². The number of nitrogens with zero attached hydrogens (tertiary/aromatic N) is 1. The second-order valence-electron chi connectivity index (χ2n) is 12.8. The van der Waals surface area contributed by atoms with Crippen molar-refractivity contribution in [2.75, 3.05) is 31.7 Å². The van der Waals surface area contributed by atoms with Gasteiger partial charge in [-0.1, -0.05) is 30.6 Å². The number of methoxy groups -OCH3 is 1. The molecule has 1 aliphatic heterocycles. The summed E-state index contributed by atoms with van der Waals surface area (Å²) in [4.78, 5) is 28.5. The molecular formula is C34H38F3NO3. The van der Waals surface area contributed by atoms with Crippen molar-refractivity contribution in [2.45, 2.75) is 76.8 Å². The van der Waals surface area contributed by atoms with E-state index in [1.165, 1.54) is 42.7 Å². The molecule has 5 atom stereocenters. The average molecular weight is 566 g/mol. The summed E-state index contributed by atoms with van der Waals surface area (Å²) in [7, 11) is 1.41. The summed E-state index contributed by atoms with van der Waals surface area (Å²) in [6.45, 7) is 3.86. The number of allylic oxidation sites excluding steroid dienone is 4. The predicted molar refractivity (Wildman–Crippen MR) is 151 cm³/mol. The summed E-state index contributed by atoms with van der Waals surface area (Å²) < 4.78 is 45.7. The second kappa shape index (κ2) is 10.5. The first-order valence-electron chi connectivity index (χ1n) is 15.0. The number of benzene rings is 1. The highest BCUT2D eigenvalue weighted by molar-refractivity contribution is 5.93. The Morgan fingerprint density at radius 1 is 1.10 bits per heavy atom. The van der Waals surface area contributed by atoms with Crippen LogP contribution in [0, 0.1) is 34.5 Å². The van der Waals surface area contributed by atoms with Gasteiger partial charge in [0.05, 0.1) is 5.41 Å². The Bertz CT molecular complexity index is 1360. The Labute approximate surface area is 240 Å². The minimum atomic E-state index is -4.68. The first-order valence-corrected chi connectivity index (χ1v) is 15.0. The van der Waals surface area contributed by atoms with Crippen molar-refractivity contribution < 1.29 is 27.5 Å². The summed E-state index contributed by atoms with van der Waals surface area (Å²) in [5.41, 5.74) is 3.90. The Kier molecular flexibility index (Phi) is 7.21. The zero-order chi connectivity index (χ0) is 29.0. The van der Waals surface area contributed by atoms with Gasteiger partial charge in [0.1, 0.15) is 6.61 Å². The molecule has 0 amide bonds. The van der Waals surface area contributed by atoms with E-state index < -0.39 is 17.0 Å². The van der Waals surface area contributed by atoms with Crippen molar-refractivity contribution in [1.29, 1.82) is 0 Å². The fourth-order valence-corrected chi connectivity index (χ4v) is 9.04. The van der Waals surface area contributed by atoms with Crippen molar-refractivity contribution in [3.63, 3.8) is 0 Å². The number of hydrogen-bond donors (Lipinski definition) is 0. The van der Waals surface area contributed by atoms with Gasteiger partial charge < -0.3 is 9.64 Å². The molecule has 1 saturated heterocycles. The van der Waals surface area contributed by atoms with Crippen molar-refractivity contribution in [1.82, 2.24) is 0 Å². The number of ether oxygens (including phenoxy) is 1. The number of carbonyl (C=O) groups excluding carboxylic acids is 2. The first-order chi connectivity index (χ1) is 19.6. The van der Waals surface area contributed by atoms with Gasteiger partial charge in [-0.15, -0.1) is 0 Å². The Balaban J connectivity index is 1.49. The standard InChI is InChI=1S/C34H38F3NO3/c1-32-20-28(22-5-8-24(9-6-22)38-17-3-4-18-38)31-26-12-10-25(39)19-23(26)7-11-27(31)29(32)13-14-33(32,30(40)21-41-2)15-16-34(35,36)37/h5-6,8-9,19,27-29H,3-4,7,10-14,17-18,20-21H2,1-2H3/t27-,28+,29-,32-,33-/m0/s1. The number of carbonyl (C=O) groups is 2. The predicted octanol–water partition coefficient (Wildman–Crippen LogP) is 6.95. The third-order valence-corrected chi connectivity index (χ3v) is 10.9. The molecule has 6 rings (SSSR count). The molecule has 218 valence electrons. The largest absolute Gasteiger partial charge is 0.457 e. The lowest BCUT2D eigenvalue weighted by Crippen LogP contribution is -2.51. The lowest BCUT2D eigenvalue weighted by Gasteiger charge is -2.54. The highest BCUT2D eigenvalue weighted by atomic mass is 19.4. The third kappa shape index (κ3) is 4.76. The number of ketones is 2. The molecule has 41 heavy (non-hydrogen) atoms. The molecule has 3 fully saturated rings. The number of fused-ring (bicyclic) bond motifs is 4. The SMILES string of the molecule is COCC(=O)[C@@]1(C#CC(F)(F)F)CC[C@H]2[C@@H]3CCC4=CC(=O)CCC4=C3[C@@H](c3ccc(N4CCCC4)cc3)C[C@@]21C. The summed E-state index contributed by atoms with van der Waals surface area (Å²) in [6.07, 6.45) is 3.84. The maximum absolute atomic E-state index is 13.7. The topological polar surface area (TPSA) is 46.6 Å². The van der Waals surface area contributed by atoms with Gasteiger partial charge in [0, 0.05) is 44.1 Å². The zero-order valence-corrected chi connectivity index (χ0v) is 23.9. The lowest BCUT2D eigenvalue weighted by atomic mass is 9.48. The maximum Gasteiger partial charge on any atom is 0.457 e. The van der Waals surface area contributed by atoms with Crippen LogP contribution in [0.25, 0.3) is 0 Å². The van der Waals surface area contributed by atoms with Crippen LogP contribution in [0.5, 0.6) is 0 Å². The van der Waals surface area contributed by atoms with Crippen LogP contribution in [0.2, 0.25) is 0 Å². The molecule has 2 saturated carbocycles. The quantitative estimate of drug-likeness (QED) is 0.363. The molecule has 4 aliphatic carbocycles. The van der Waals surface area contributed by atoms with E-state index in [0.29, 0.717) is 32.1 Å². The molecule has 1 aromatic carbocycles. The van der Waals surface area contributed by atoms with Gasteiger partial charge in [-0.2, -0.15) is 13.2 Å². The molecule has 0 radical (unpaired) electrons. The molecule has 1 heterocycles. The number of anilines is 1. The number of alkyl halides is 3. The van der Waals surface area contributed by atoms with Gasteiger partial charge in [0.15, 0.2) is 11.6 Å². The Morgan fingerprint density at radius 3 is 2.51 bits per heavy atom. The Morgan fingerprint density at radius 2 is 1.83 bits per heavy atom. The molecular weight excluding hydrogens is 527 g/mol. The van der Waals surface area contributed by atoms with Crippen molar-refractivity contribution in [3.8, 4) is 11.8 Å². The van der Waals surface area contributed by atoms with E-state index in [9.17, 15) is 22.8 Å². The van der Waals surface area contributed by atoms with Crippen LogP contribution < -0.4 is 4.90 Å². The van der Waals surface area contributed by atoms with Gasteiger partial charge in [0.2, 0.25) is 0 Å². The summed E-state index contributed by atoms with van der Waals surface area (Å²) in [5.74, 6) is 4.02. The van der Waals surface area contributed by atoms with Crippen LogP contribution in [0.15, 0.2) is 47.1 Å². The van der Waals surface area contributed by atoms with E-state index in [-0.39, 0.29) is 35.9 Å².